The minimum Gasteiger partial charge on any atom is -0.489 e. The summed E-state index contributed by atoms with van der Waals surface area (Å²) in [5.41, 5.74) is 0.700. The second kappa shape index (κ2) is 9.99. The molecule has 1 aliphatic heterocycles. The molecule has 34 heavy (non-hydrogen) atoms. The highest BCUT2D eigenvalue weighted by atomic mass is 19.4. The Kier molecular flexibility index (Phi) is 6.86. The van der Waals surface area contributed by atoms with Crippen molar-refractivity contribution in [3.8, 4) is 5.75 Å². The third-order valence-electron chi connectivity index (χ3n) is 5.70. The molecule has 0 bridgehead atoms. The maximum atomic E-state index is 13.2. The van der Waals surface area contributed by atoms with Gasteiger partial charge in [-0.25, -0.2) is 0 Å². The fraction of sp³-hybridized carbons (Fsp3) is 0.231. The van der Waals surface area contributed by atoms with E-state index in [9.17, 15) is 22.8 Å². The lowest BCUT2D eigenvalue weighted by molar-refractivity contribution is -0.137. The summed E-state index contributed by atoms with van der Waals surface area (Å²) in [6.45, 7) is 1.51. The van der Waals surface area contributed by atoms with Gasteiger partial charge in [-0.15, -0.1) is 0 Å². The number of nitrogens with zero attached hydrogens (tertiary/aromatic N) is 2. The summed E-state index contributed by atoms with van der Waals surface area (Å²) in [7, 11) is 0. The topological polar surface area (TPSA) is 49.9 Å². The van der Waals surface area contributed by atoms with E-state index in [2.05, 4.69) is 0 Å². The Morgan fingerprint density at radius 3 is 1.91 bits per heavy atom. The molecule has 8 heteroatoms. The molecule has 1 heterocycles. The largest absolute Gasteiger partial charge is 0.489 e. The van der Waals surface area contributed by atoms with E-state index < -0.39 is 11.7 Å². The average molecular weight is 468 g/mol. The van der Waals surface area contributed by atoms with Crippen LogP contribution >= 0.6 is 0 Å². The van der Waals surface area contributed by atoms with E-state index in [1.165, 1.54) is 12.1 Å². The van der Waals surface area contributed by atoms with Crippen LogP contribution in [0.1, 0.15) is 31.8 Å². The van der Waals surface area contributed by atoms with Gasteiger partial charge in [0.1, 0.15) is 12.4 Å². The van der Waals surface area contributed by atoms with Gasteiger partial charge >= 0.3 is 6.18 Å². The van der Waals surface area contributed by atoms with Gasteiger partial charge in [-0.3, -0.25) is 9.59 Å². The lowest BCUT2D eigenvalue weighted by atomic mass is 10.1. The zero-order valence-corrected chi connectivity index (χ0v) is 18.3. The molecule has 3 aromatic carbocycles. The van der Waals surface area contributed by atoms with Crippen molar-refractivity contribution >= 4 is 11.8 Å². The summed E-state index contributed by atoms with van der Waals surface area (Å²) in [5.74, 6) is 0.214. The molecule has 0 aromatic heterocycles. The first-order valence-corrected chi connectivity index (χ1v) is 10.8. The molecule has 2 amide bonds. The van der Waals surface area contributed by atoms with E-state index in [1.807, 2.05) is 42.5 Å². The van der Waals surface area contributed by atoms with Crippen molar-refractivity contribution in [2.45, 2.75) is 12.8 Å². The van der Waals surface area contributed by atoms with E-state index in [0.717, 1.165) is 17.7 Å². The minimum absolute atomic E-state index is 0.145. The predicted octanol–water partition coefficient (Wildman–Crippen LogP) is 4.88. The third-order valence-corrected chi connectivity index (χ3v) is 5.70. The van der Waals surface area contributed by atoms with Crippen LogP contribution < -0.4 is 4.74 Å². The van der Waals surface area contributed by atoms with E-state index in [0.29, 0.717) is 37.5 Å². The fourth-order valence-corrected chi connectivity index (χ4v) is 3.80. The molecule has 1 aliphatic rings. The number of rotatable bonds is 5. The van der Waals surface area contributed by atoms with Crippen LogP contribution in [0.5, 0.6) is 5.75 Å². The average Bonchev–Trinajstić information content (AvgIpc) is 2.87. The summed E-state index contributed by atoms with van der Waals surface area (Å²) in [6, 6.07) is 20.8. The van der Waals surface area contributed by atoms with Crippen LogP contribution in [0, 0.1) is 0 Å². The molecule has 1 saturated heterocycles. The van der Waals surface area contributed by atoms with Crippen LogP contribution in [0.3, 0.4) is 0 Å². The number of halogens is 3. The summed E-state index contributed by atoms with van der Waals surface area (Å²) in [4.78, 5) is 29.1. The number of ether oxygens (including phenoxy) is 1. The van der Waals surface area contributed by atoms with E-state index in [1.54, 1.807) is 21.9 Å². The zero-order valence-electron chi connectivity index (χ0n) is 18.3. The lowest BCUT2D eigenvalue weighted by Gasteiger charge is -2.35. The highest BCUT2D eigenvalue weighted by Gasteiger charge is 2.31. The van der Waals surface area contributed by atoms with E-state index in [4.69, 9.17) is 4.74 Å². The van der Waals surface area contributed by atoms with Crippen LogP contribution in [0.2, 0.25) is 0 Å². The molecule has 0 unspecified atom stereocenters. The van der Waals surface area contributed by atoms with Crippen LogP contribution in [-0.2, 0) is 12.8 Å². The van der Waals surface area contributed by atoms with Gasteiger partial charge in [0.25, 0.3) is 11.8 Å². The van der Waals surface area contributed by atoms with Gasteiger partial charge in [0.2, 0.25) is 0 Å². The molecule has 5 nitrogen and oxygen atoms in total. The highest BCUT2D eigenvalue weighted by Crippen LogP contribution is 2.29. The molecule has 176 valence electrons. The molecular weight excluding hydrogens is 445 g/mol. The number of carbonyl (C=O) groups excluding carboxylic acids is 2. The first-order chi connectivity index (χ1) is 16.3. The summed E-state index contributed by atoms with van der Waals surface area (Å²) in [5, 5.41) is 0. The third kappa shape index (κ3) is 5.39. The van der Waals surface area contributed by atoms with Crippen molar-refractivity contribution in [1.29, 1.82) is 0 Å². The molecule has 0 radical (unpaired) electrons. The van der Waals surface area contributed by atoms with Gasteiger partial charge in [0.15, 0.2) is 0 Å². The Morgan fingerprint density at radius 1 is 0.735 bits per heavy atom. The quantitative estimate of drug-likeness (QED) is 0.536. The van der Waals surface area contributed by atoms with Gasteiger partial charge in [0.05, 0.1) is 5.56 Å². The molecule has 0 saturated carbocycles. The Balaban J connectivity index is 1.37. The number of hydrogen-bond acceptors (Lipinski definition) is 3. The highest BCUT2D eigenvalue weighted by molar-refractivity contribution is 5.97. The predicted molar refractivity (Wildman–Crippen MR) is 120 cm³/mol. The maximum Gasteiger partial charge on any atom is 0.416 e. The first-order valence-electron chi connectivity index (χ1n) is 10.8. The smallest absolute Gasteiger partial charge is 0.416 e. The van der Waals surface area contributed by atoms with Gasteiger partial charge in [0, 0.05) is 42.9 Å². The van der Waals surface area contributed by atoms with Gasteiger partial charge in [-0.1, -0.05) is 36.4 Å². The molecule has 0 atom stereocenters. The van der Waals surface area contributed by atoms with Crippen LogP contribution in [0.25, 0.3) is 0 Å². The first kappa shape index (κ1) is 23.4. The van der Waals surface area contributed by atoms with Crippen molar-refractivity contribution in [2.75, 3.05) is 26.2 Å². The lowest BCUT2D eigenvalue weighted by Crippen LogP contribution is -2.50. The number of alkyl halides is 3. The normalized spacial score (nSPS) is 14.1. The Labute approximate surface area is 195 Å². The Bertz CT molecular complexity index is 1140. The second-order valence-electron chi connectivity index (χ2n) is 7.92. The van der Waals surface area contributed by atoms with Crippen molar-refractivity contribution in [3.63, 3.8) is 0 Å². The summed E-state index contributed by atoms with van der Waals surface area (Å²) < 4.78 is 44.1. The number of para-hydroxylation sites is 1. The molecule has 4 rings (SSSR count). The molecular formula is C26H23F3N2O3. The van der Waals surface area contributed by atoms with Crippen molar-refractivity contribution in [3.05, 3.63) is 101 Å². The van der Waals surface area contributed by atoms with Gasteiger partial charge in [-0.05, 0) is 42.5 Å². The minimum atomic E-state index is -4.45. The van der Waals surface area contributed by atoms with E-state index >= 15 is 0 Å². The number of hydrogen-bond donors (Lipinski definition) is 0. The monoisotopic (exact) mass is 468 g/mol. The second-order valence-corrected chi connectivity index (χ2v) is 7.92. The molecule has 1 fully saturated rings. The molecule has 3 aromatic rings. The summed E-state index contributed by atoms with van der Waals surface area (Å²) in [6.07, 6.45) is -4.45. The number of carbonyl (C=O) groups is 2. The summed E-state index contributed by atoms with van der Waals surface area (Å²) >= 11 is 0. The van der Waals surface area contributed by atoms with Crippen molar-refractivity contribution < 1.29 is 27.5 Å². The van der Waals surface area contributed by atoms with Crippen LogP contribution in [0.4, 0.5) is 13.2 Å². The van der Waals surface area contributed by atoms with Crippen LogP contribution in [-0.4, -0.2) is 47.8 Å². The van der Waals surface area contributed by atoms with Crippen molar-refractivity contribution in [1.82, 2.24) is 9.80 Å². The Hall–Kier alpha value is -3.81. The SMILES string of the molecule is O=C(c1ccc(C(F)(F)F)cc1)N1CCN(C(=O)c2ccccc2COc2ccccc2)CC1. The van der Waals surface area contributed by atoms with E-state index in [-0.39, 0.29) is 24.0 Å². The fourth-order valence-electron chi connectivity index (χ4n) is 3.80. The van der Waals surface area contributed by atoms with Gasteiger partial charge < -0.3 is 14.5 Å². The number of benzene rings is 3. The van der Waals surface area contributed by atoms with Gasteiger partial charge in [-0.2, -0.15) is 13.2 Å². The zero-order chi connectivity index (χ0) is 24.1. The molecule has 0 N–H and O–H groups in total. The Morgan fingerprint density at radius 2 is 1.29 bits per heavy atom. The molecule has 0 aliphatic carbocycles. The standard InChI is InChI=1S/C26H23F3N2O3/c27-26(28,29)21-12-10-19(11-13-21)24(32)30-14-16-31(17-15-30)25(33)23-9-5-4-6-20(23)18-34-22-7-2-1-3-8-22/h1-13H,14-18H2. The molecule has 0 spiro atoms. The number of piperazine rings is 1. The maximum absolute atomic E-state index is 13.2. The van der Waals surface area contributed by atoms with Crippen LogP contribution in [0.15, 0.2) is 78.9 Å². The van der Waals surface area contributed by atoms with Crippen molar-refractivity contribution in [2.24, 2.45) is 0 Å². The number of amides is 2.